The van der Waals surface area contributed by atoms with Gasteiger partial charge in [0.25, 0.3) is 0 Å². The fourth-order valence-corrected chi connectivity index (χ4v) is 2.93. The topological polar surface area (TPSA) is 32.9 Å². The first-order chi connectivity index (χ1) is 10.7. The Hall–Kier alpha value is -2.06. The number of hydrogen-bond acceptors (Lipinski definition) is 1. The zero-order chi connectivity index (χ0) is 15.5. The molecule has 0 aliphatic carbocycles. The zero-order valence-corrected chi connectivity index (χ0v) is 13.3. The highest BCUT2D eigenvalue weighted by Gasteiger charge is 2.19. The van der Waals surface area contributed by atoms with Crippen LogP contribution in [0.1, 0.15) is 41.4 Å². The number of nitrogens with one attached hydrogen (secondary N) is 1. The van der Waals surface area contributed by atoms with Crippen molar-refractivity contribution in [1.29, 1.82) is 0 Å². The van der Waals surface area contributed by atoms with Crippen molar-refractivity contribution in [2.75, 3.05) is 0 Å². The molecule has 112 valence electrons. The van der Waals surface area contributed by atoms with Crippen molar-refractivity contribution in [3.63, 3.8) is 0 Å². The maximum absolute atomic E-state index is 13.0. The number of aryl methyl sites for hydroxylation is 1. The Kier molecular flexibility index (Phi) is 4.30. The van der Waals surface area contributed by atoms with E-state index < -0.39 is 0 Å². The molecule has 22 heavy (non-hydrogen) atoms. The lowest BCUT2D eigenvalue weighted by atomic mass is 9.98. The van der Waals surface area contributed by atoms with E-state index in [1.807, 2.05) is 48.5 Å². The molecule has 0 saturated heterocycles. The summed E-state index contributed by atoms with van der Waals surface area (Å²) in [6.45, 7) is 2.15. The first-order valence-corrected chi connectivity index (χ1v) is 7.98. The number of carbonyl (C=O) groups excluding carboxylic acids is 1. The number of aromatic nitrogens is 1. The number of H-pyrrole nitrogens is 1. The van der Waals surface area contributed by atoms with Crippen molar-refractivity contribution in [2.24, 2.45) is 0 Å². The van der Waals surface area contributed by atoms with E-state index in [0.29, 0.717) is 10.6 Å². The van der Waals surface area contributed by atoms with Gasteiger partial charge in [-0.15, -0.1) is 0 Å². The number of carbonyl (C=O) groups is 1. The Balaban J connectivity index is 2.16. The van der Waals surface area contributed by atoms with Gasteiger partial charge in [-0.2, -0.15) is 0 Å². The summed E-state index contributed by atoms with van der Waals surface area (Å²) in [7, 11) is 0. The summed E-state index contributed by atoms with van der Waals surface area (Å²) in [4.78, 5) is 16.4. The highest BCUT2D eigenvalue weighted by atomic mass is 35.5. The van der Waals surface area contributed by atoms with E-state index in [9.17, 15) is 4.79 Å². The fourth-order valence-electron chi connectivity index (χ4n) is 2.75. The second-order valence-electron chi connectivity index (χ2n) is 5.47. The van der Waals surface area contributed by atoms with Crippen LogP contribution < -0.4 is 0 Å². The quantitative estimate of drug-likeness (QED) is 0.629. The van der Waals surface area contributed by atoms with E-state index in [-0.39, 0.29) is 5.78 Å². The van der Waals surface area contributed by atoms with Gasteiger partial charge in [0.15, 0.2) is 5.78 Å². The number of ketones is 1. The lowest BCUT2D eigenvalue weighted by Gasteiger charge is -2.04. The molecule has 0 atom stereocenters. The minimum atomic E-state index is 0.0558. The van der Waals surface area contributed by atoms with Gasteiger partial charge in [-0.1, -0.05) is 55.3 Å². The molecule has 0 aliphatic heterocycles. The molecule has 0 spiro atoms. The molecule has 3 aromatic rings. The lowest BCUT2D eigenvalue weighted by Crippen LogP contribution is -2.04. The van der Waals surface area contributed by atoms with Crippen LogP contribution in [-0.4, -0.2) is 10.8 Å². The average Bonchev–Trinajstić information content (AvgIpc) is 2.90. The average molecular weight is 312 g/mol. The summed E-state index contributed by atoms with van der Waals surface area (Å²) >= 11 is 6.13. The third kappa shape index (κ3) is 2.79. The number of aromatic amines is 1. The molecule has 3 rings (SSSR count). The molecule has 0 bridgehead atoms. The SMILES string of the molecule is CCCCc1[nH]c2ccc(Cl)cc2c1C(=O)c1ccccc1. The van der Waals surface area contributed by atoms with Crippen LogP contribution >= 0.6 is 11.6 Å². The van der Waals surface area contributed by atoms with Gasteiger partial charge < -0.3 is 4.98 Å². The van der Waals surface area contributed by atoms with E-state index >= 15 is 0 Å². The van der Waals surface area contributed by atoms with Crippen LogP contribution in [0.2, 0.25) is 5.02 Å². The zero-order valence-electron chi connectivity index (χ0n) is 12.5. The van der Waals surface area contributed by atoms with Gasteiger partial charge in [0.1, 0.15) is 0 Å². The molecular formula is C19H18ClNO. The summed E-state index contributed by atoms with van der Waals surface area (Å²) in [5, 5.41) is 1.56. The van der Waals surface area contributed by atoms with Crippen LogP contribution in [0.4, 0.5) is 0 Å². The molecule has 2 aromatic carbocycles. The van der Waals surface area contributed by atoms with Crippen molar-refractivity contribution in [3.8, 4) is 0 Å². The number of benzene rings is 2. The molecule has 1 aromatic heterocycles. The molecule has 2 nitrogen and oxygen atoms in total. The highest BCUT2D eigenvalue weighted by Crippen LogP contribution is 2.28. The van der Waals surface area contributed by atoms with Gasteiger partial charge in [0.2, 0.25) is 0 Å². The van der Waals surface area contributed by atoms with E-state index in [2.05, 4.69) is 11.9 Å². The van der Waals surface area contributed by atoms with Gasteiger partial charge in [0, 0.05) is 27.2 Å². The summed E-state index contributed by atoms with van der Waals surface area (Å²) in [5.41, 5.74) is 3.45. The van der Waals surface area contributed by atoms with Gasteiger partial charge in [-0.3, -0.25) is 4.79 Å². The normalized spacial score (nSPS) is 11.0. The summed E-state index contributed by atoms with van der Waals surface area (Å²) in [6.07, 6.45) is 3.02. The van der Waals surface area contributed by atoms with Crippen molar-refractivity contribution in [3.05, 3.63) is 70.4 Å². The summed E-state index contributed by atoms with van der Waals surface area (Å²) in [6, 6.07) is 15.1. The van der Waals surface area contributed by atoms with Crippen molar-refractivity contribution < 1.29 is 4.79 Å². The highest BCUT2D eigenvalue weighted by molar-refractivity contribution is 6.31. The lowest BCUT2D eigenvalue weighted by molar-refractivity contribution is 0.103. The van der Waals surface area contributed by atoms with Gasteiger partial charge in [-0.05, 0) is 31.0 Å². The van der Waals surface area contributed by atoms with Crippen molar-refractivity contribution >= 4 is 28.3 Å². The van der Waals surface area contributed by atoms with Crippen molar-refractivity contribution in [1.82, 2.24) is 4.98 Å². The van der Waals surface area contributed by atoms with Crippen LogP contribution in [0.5, 0.6) is 0 Å². The first-order valence-electron chi connectivity index (χ1n) is 7.60. The maximum atomic E-state index is 13.0. The Labute approximate surface area is 135 Å². The van der Waals surface area contributed by atoms with Crippen molar-refractivity contribution in [2.45, 2.75) is 26.2 Å². The van der Waals surface area contributed by atoms with Crippen LogP contribution in [0.3, 0.4) is 0 Å². The molecule has 1 N–H and O–H groups in total. The molecular weight excluding hydrogens is 294 g/mol. The summed E-state index contributed by atoms with van der Waals surface area (Å²) in [5.74, 6) is 0.0558. The first kappa shape index (κ1) is 14.9. The van der Waals surface area contributed by atoms with Gasteiger partial charge in [0.05, 0.1) is 5.56 Å². The molecule has 0 amide bonds. The number of halogens is 1. The van der Waals surface area contributed by atoms with Gasteiger partial charge >= 0.3 is 0 Å². The molecule has 3 heteroatoms. The van der Waals surface area contributed by atoms with Crippen LogP contribution in [0, 0.1) is 0 Å². The minimum absolute atomic E-state index is 0.0558. The van der Waals surface area contributed by atoms with E-state index in [1.54, 1.807) is 0 Å². The molecule has 0 fully saturated rings. The third-order valence-corrected chi connectivity index (χ3v) is 4.12. The molecule has 0 unspecified atom stereocenters. The predicted molar refractivity (Wildman–Crippen MR) is 91.8 cm³/mol. The Bertz CT molecular complexity index is 805. The monoisotopic (exact) mass is 311 g/mol. The molecule has 0 saturated carbocycles. The largest absolute Gasteiger partial charge is 0.358 e. The molecule has 0 radical (unpaired) electrons. The van der Waals surface area contributed by atoms with E-state index in [0.717, 1.165) is 41.4 Å². The summed E-state index contributed by atoms with van der Waals surface area (Å²) < 4.78 is 0. The van der Waals surface area contributed by atoms with Gasteiger partial charge in [-0.25, -0.2) is 0 Å². The second kappa shape index (κ2) is 6.37. The third-order valence-electron chi connectivity index (χ3n) is 3.88. The molecule has 1 heterocycles. The number of unbranched alkanes of at least 4 members (excludes halogenated alkanes) is 1. The smallest absolute Gasteiger partial charge is 0.195 e. The predicted octanol–water partition coefficient (Wildman–Crippen LogP) is 5.39. The van der Waals surface area contributed by atoms with Crippen LogP contribution in [-0.2, 0) is 6.42 Å². The van der Waals surface area contributed by atoms with Crippen LogP contribution in [0.15, 0.2) is 48.5 Å². The Morgan fingerprint density at radius 1 is 1.14 bits per heavy atom. The Morgan fingerprint density at radius 2 is 1.91 bits per heavy atom. The fraction of sp³-hybridized carbons (Fsp3) is 0.211. The number of fused-ring (bicyclic) bond motifs is 1. The number of rotatable bonds is 5. The minimum Gasteiger partial charge on any atom is -0.358 e. The number of hydrogen-bond donors (Lipinski definition) is 1. The van der Waals surface area contributed by atoms with E-state index in [4.69, 9.17) is 11.6 Å². The molecule has 0 aliphatic rings. The maximum Gasteiger partial charge on any atom is 0.195 e. The Morgan fingerprint density at radius 3 is 2.64 bits per heavy atom. The van der Waals surface area contributed by atoms with Crippen LogP contribution in [0.25, 0.3) is 10.9 Å². The second-order valence-corrected chi connectivity index (χ2v) is 5.90. The van der Waals surface area contributed by atoms with E-state index in [1.165, 1.54) is 0 Å². The standard InChI is InChI=1S/C19H18ClNO/c1-2-3-9-17-18(19(22)13-7-5-4-6-8-13)15-12-14(20)10-11-16(15)21-17/h4-8,10-12,21H,2-3,9H2,1H3.